The van der Waals surface area contributed by atoms with Gasteiger partial charge in [0.05, 0.1) is 0 Å². The third kappa shape index (κ3) is 1.30. The maximum absolute atomic E-state index is 10.6. The Morgan fingerprint density at radius 1 is 1.60 bits per heavy atom. The molecule has 1 heterocycles. The summed E-state index contributed by atoms with van der Waals surface area (Å²) >= 11 is 10.9. The van der Waals surface area contributed by atoms with Gasteiger partial charge in [0.25, 0.3) is 0 Å². The van der Waals surface area contributed by atoms with Crippen molar-refractivity contribution in [3.8, 4) is 0 Å². The summed E-state index contributed by atoms with van der Waals surface area (Å²) in [6.07, 6.45) is 0. The van der Waals surface area contributed by atoms with E-state index in [0.717, 1.165) is 0 Å². The molecule has 0 fully saturated rings. The molecular weight excluding hydrogens is 175 g/mol. The zero-order valence-electron chi connectivity index (χ0n) is 5.14. The van der Waals surface area contributed by atoms with E-state index < -0.39 is 0 Å². The first-order valence-electron chi connectivity index (χ1n) is 2.54. The molecule has 0 N–H and O–H groups in total. The van der Waals surface area contributed by atoms with Crippen molar-refractivity contribution >= 4 is 23.2 Å². The first kappa shape index (κ1) is 7.57. The minimum absolute atomic E-state index is 0.0596. The molecule has 0 atom stereocenters. The second-order valence-corrected chi connectivity index (χ2v) is 2.56. The van der Waals surface area contributed by atoms with Crippen LogP contribution in [0.2, 0.25) is 10.3 Å². The Kier molecular flexibility index (Phi) is 1.97. The largest absolute Gasteiger partial charge is 0.593 e. The van der Waals surface area contributed by atoms with E-state index in [0.29, 0.717) is 10.4 Å². The fourth-order valence-electron chi connectivity index (χ4n) is 0.549. The fourth-order valence-corrected chi connectivity index (χ4v) is 0.873. The van der Waals surface area contributed by atoms with Crippen molar-refractivity contribution in [1.29, 1.82) is 0 Å². The smallest absolute Gasteiger partial charge is 0.316 e. The van der Waals surface area contributed by atoms with Gasteiger partial charge in [-0.05, 0) is 29.4 Å². The standard InChI is InChI=1S/C5H4Cl2N2O/c1-3-2-4(6)8-9(10)5(3)7/h2H,1H3. The van der Waals surface area contributed by atoms with Crippen LogP contribution in [-0.2, 0) is 0 Å². The third-order valence-corrected chi connectivity index (χ3v) is 1.64. The molecule has 0 aliphatic heterocycles. The molecule has 0 spiro atoms. The molecule has 0 bridgehead atoms. The van der Waals surface area contributed by atoms with Gasteiger partial charge >= 0.3 is 5.15 Å². The van der Waals surface area contributed by atoms with Crippen molar-refractivity contribution in [1.82, 2.24) is 5.10 Å². The summed E-state index contributed by atoms with van der Waals surface area (Å²) in [5.74, 6) is 0. The molecule has 0 saturated heterocycles. The van der Waals surface area contributed by atoms with E-state index in [4.69, 9.17) is 23.2 Å². The summed E-state index contributed by atoms with van der Waals surface area (Å²) in [5.41, 5.74) is 0.622. The second kappa shape index (κ2) is 2.60. The summed E-state index contributed by atoms with van der Waals surface area (Å²) in [6, 6.07) is 1.53. The van der Waals surface area contributed by atoms with Crippen LogP contribution < -0.4 is 4.85 Å². The van der Waals surface area contributed by atoms with Gasteiger partial charge in [-0.15, -0.1) is 0 Å². The zero-order chi connectivity index (χ0) is 7.72. The molecule has 0 aliphatic carbocycles. The molecule has 3 nitrogen and oxygen atoms in total. The average molecular weight is 179 g/mol. The summed E-state index contributed by atoms with van der Waals surface area (Å²) < 4.78 is 0. The van der Waals surface area contributed by atoms with Gasteiger partial charge in [0, 0.05) is 10.7 Å². The van der Waals surface area contributed by atoms with Crippen LogP contribution in [0.1, 0.15) is 5.56 Å². The summed E-state index contributed by atoms with van der Waals surface area (Å²) in [6.45, 7) is 1.68. The van der Waals surface area contributed by atoms with E-state index in [1.54, 1.807) is 6.92 Å². The van der Waals surface area contributed by atoms with E-state index in [9.17, 15) is 5.21 Å². The molecule has 0 saturated carbocycles. The first-order valence-corrected chi connectivity index (χ1v) is 3.29. The van der Waals surface area contributed by atoms with Crippen LogP contribution in [0.3, 0.4) is 0 Å². The molecular formula is C5H4Cl2N2O. The maximum Gasteiger partial charge on any atom is 0.316 e. The van der Waals surface area contributed by atoms with E-state index in [1.165, 1.54) is 6.07 Å². The highest BCUT2D eigenvalue weighted by Gasteiger charge is 2.08. The van der Waals surface area contributed by atoms with Gasteiger partial charge in [-0.25, -0.2) is 0 Å². The number of aryl methyl sites for hydroxylation is 1. The molecule has 0 radical (unpaired) electrons. The van der Waals surface area contributed by atoms with Crippen molar-refractivity contribution in [3.63, 3.8) is 0 Å². The topological polar surface area (TPSA) is 39.8 Å². The number of rotatable bonds is 0. The van der Waals surface area contributed by atoms with E-state index in [1.807, 2.05) is 0 Å². The Morgan fingerprint density at radius 3 is 2.70 bits per heavy atom. The fraction of sp³-hybridized carbons (Fsp3) is 0.200. The van der Waals surface area contributed by atoms with Crippen molar-refractivity contribution < 1.29 is 4.85 Å². The van der Waals surface area contributed by atoms with Crippen molar-refractivity contribution in [2.24, 2.45) is 0 Å². The van der Waals surface area contributed by atoms with Gasteiger partial charge in [-0.2, -0.15) is 0 Å². The van der Waals surface area contributed by atoms with Crippen LogP contribution in [0, 0.1) is 12.1 Å². The van der Waals surface area contributed by atoms with Crippen LogP contribution in [0.15, 0.2) is 6.07 Å². The van der Waals surface area contributed by atoms with E-state index >= 15 is 0 Å². The third-order valence-electron chi connectivity index (χ3n) is 1.02. The SMILES string of the molecule is Cc1cc(Cl)n[n+]([O-])c1Cl. The van der Waals surface area contributed by atoms with Gasteiger partial charge in [-0.1, -0.05) is 11.6 Å². The lowest BCUT2D eigenvalue weighted by atomic mass is 10.4. The molecule has 1 aromatic rings. The van der Waals surface area contributed by atoms with Crippen molar-refractivity contribution in [2.75, 3.05) is 0 Å². The predicted octanol–water partition coefficient (Wildman–Crippen LogP) is 1.33. The van der Waals surface area contributed by atoms with E-state index in [2.05, 4.69) is 5.10 Å². The predicted molar refractivity (Wildman–Crippen MR) is 38.0 cm³/mol. The van der Waals surface area contributed by atoms with Crippen LogP contribution in [0.25, 0.3) is 0 Å². The summed E-state index contributed by atoms with van der Waals surface area (Å²) in [4.78, 5) is 0.291. The molecule has 0 amide bonds. The monoisotopic (exact) mass is 178 g/mol. The number of halogens is 2. The molecule has 10 heavy (non-hydrogen) atoms. The second-order valence-electron chi connectivity index (χ2n) is 1.81. The quantitative estimate of drug-likeness (QED) is 0.445. The highest BCUT2D eigenvalue weighted by molar-refractivity contribution is 6.31. The highest BCUT2D eigenvalue weighted by atomic mass is 35.5. The number of aromatic nitrogens is 2. The van der Waals surface area contributed by atoms with Gasteiger partial charge < -0.3 is 5.21 Å². The summed E-state index contributed by atoms with van der Waals surface area (Å²) in [7, 11) is 0. The minimum Gasteiger partial charge on any atom is -0.593 e. The van der Waals surface area contributed by atoms with Gasteiger partial charge in [0.1, 0.15) is 0 Å². The molecule has 1 aromatic heterocycles. The molecule has 0 aliphatic rings. The molecule has 5 heteroatoms. The Balaban J connectivity index is 3.31. The molecule has 54 valence electrons. The lowest BCUT2D eigenvalue weighted by Gasteiger charge is -1.96. The van der Waals surface area contributed by atoms with E-state index in [-0.39, 0.29) is 10.3 Å². The van der Waals surface area contributed by atoms with Crippen molar-refractivity contribution in [3.05, 3.63) is 27.1 Å². The Morgan fingerprint density at radius 2 is 2.20 bits per heavy atom. The molecule has 1 rings (SSSR count). The molecule has 0 aromatic carbocycles. The molecule has 0 unspecified atom stereocenters. The van der Waals surface area contributed by atoms with Gasteiger partial charge in [0.2, 0.25) is 0 Å². The Hall–Kier alpha value is -0.540. The van der Waals surface area contributed by atoms with Crippen LogP contribution >= 0.6 is 23.2 Å². The zero-order valence-corrected chi connectivity index (χ0v) is 6.65. The summed E-state index contributed by atoms with van der Waals surface area (Å²) in [5, 5.41) is 14.2. The number of nitrogens with zero attached hydrogens (tertiary/aromatic N) is 2. The minimum atomic E-state index is 0.0596. The van der Waals surface area contributed by atoms with Crippen LogP contribution in [0.4, 0.5) is 0 Å². The van der Waals surface area contributed by atoms with Crippen LogP contribution in [-0.4, -0.2) is 5.10 Å². The highest BCUT2D eigenvalue weighted by Crippen LogP contribution is 2.11. The Bertz CT molecular complexity index is 241. The Labute approximate surface area is 67.8 Å². The first-order chi connectivity index (χ1) is 4.61. The average Bonchev–Trinajstić information content (AvgIpc) is 1.82. The number of hydrogen-bond donors (Lipinski definition) is 0. The lowest BCUT2D eigenvalue weighted by Crippen LogP contribution is -2.33. The van der Waals surface area contributed by atoms with Crippen molar-refractivity contribution in [2.45, 2.75) is 6.92 Å². The maximum atomic E-state index is 10.6. The normalized spacial score (nSPS) is 9.90. The number of hydrogen-bond acceptors (Lipinski definition) is 2. The lowest BCUT2D eigenvalue weighted by molar-refractivity contribution is -0.667. The van der Waals surface area contributed by atoms with Crippen LogP contribution in [0.5, 0.6) is 0 Å². The van der Waals surface area contributed by atoms with Gasteiger partial charge in [-0.3, -0.25) is 0 Å². The van der Waals surface area contributed by atoms with Gasteiger partial charge in [0.15, 0.2) is 5.15 Å².